The first-order valence-corrected chi connectivity index (χ1v) is 6.00. The smallest absolute Gasteiger partial charge is 0.312 e. The number of anilines is 1. The summed E-state index contributed by atoms with van der Waals surface area (Å²) in [6, 6.07) is 1.71. The van der Waals surface area contributed by atoms with Gasteiger partial charge in [0, 0.05) is 6.20 Å². The first-order valence-electron chi connectivity index (χ1n) is 6.00. The van der Waals surface area contributed by atoms with Crippen LogP contribution in [0.2, 0.25) is 0 Å². The predicted octanol–water partition coefficient (Wildman–Crippen LogP) is 1.28. The summed E-state index contributed by atoms with van der Waals surface area (Å²) in [7, 11) is 0. The molecule has 1 saturated heterocycles. The highest BCUT2D eigenvalue weighted by molar-refractivity contribution is 5.86. The second kappa shape index (κ2) is 4.27. The fraction of sp³-hybridized carbons (Fsp3) is 0.417. The molecule has 6 nitrogen and oxygen atoms in total. The van der Waals surface area contributed by atoms with E-state index in [1.807, 2.05) is 6.92 Å². The molecule has 0 aromatic carbocycles. The van der Waals surface area contributed by atoms with Gasteiger partial charge < -0.3 is 19.8 Å². The summed E-state index contributed by atoms with van der Waals surface area (Å²) >= 11 is 0. The van der Waals surface area contributed by atoms with Crippen molar-refractivity contribution in [1.82, 2.24) is 14.5 Å². The number of carbonyl (C=O) groups is 1. The Balaban J connectivity index is 2.05. The molecule has 0 amide bonds. The van der Waals surface area contributed by atoms with Gasteiger partial charge in [0.15, 0.2) is 5.65 Å². The van der Waals surface area contributed by atoms with Crippen molar-refractivity contribution in [3.8, 4) is 0 Å². The zero-order chi connectivity index (χ0) is 13.6. The molecule has 7 heteroatoms. The molecule has 3 rings (SSSR count). The molecule has 0 saturated carbocycles. The van der Waals surface area contributed by atoms with Gasteiger partial charge >= 0.3 is 6.08 Å². The molecule has 0 bridgehead atoms. The van der Waals surface area contributed by atoms with Crippen LogP contribution in [0.25, 0.3) is 11.0 Å². The highest BCUT2D eigenvalue weighted by Crippen LogP contribution is 2.34. The Morgan fingerprint density at radius 1 is 1.58 bits per heavy atom. The van der Waals surface area contributed by atoms with Crippen LogP contribution in [-0.2, 0) is 9.53 Å². The minimum atomic E-state index is -0.872. The summed E-state index contributed by atoms with van der Waals surface area (Å²) in [4.78, 5) is 18.1. The molecular formula is C12H13FN4O2. The lowest BCUT2D eigenvalue weighted by Gasteiger charge is -2.13. The minimum absolute atomic E-state index is 0.0965. The van der Waals surface area contributed by atoms with Crippen LogP contribution in [0.5, 0.6) is 0 Å². The summed E-state index contributed by atoms with van der Waals surface area (Å²) in [5.41, 5.74) is 6.03. The summed E-state index contributed by atoms with van der Waals surface area (Å²) in [5.74, 6) is 0.211. The van der Waals surface area contributed by atoms with Crippen molar-refractivity contribution in [3.63, 3.8) is 0 Å². The van der Waals surface area contributed by atoms with Gasteiger partial charge in [-0.25, -0.2) is 0 Å². The predicted molar refractivity (Wildman–Crippen MR) is 65.7 cm³/mol. The number of carbonyl (C=O) groups excluding carboxylic acids is 1. The van der Waals surface area contributed by atoms with Gasteiger partial charge in [0.05, 0.1) is 5.39 Å². The number of rotatable bonds is 2. The van der Waals surface area contributed by atoms with E-state index in [0.29, 0.717) is 17.5 Å². The van der Waals surface area contributed by atoms with Gasteiger partial charge in [0.1, 0.15) is 24.4 Å². The van der Waals surface area contributed by atoms with Crippen molar-refractivity contribution in [3.05, 3.63) is 18.3 Å². The van der Waals surface area contributed by atoms with E-state index in [1.54, 1.807) is 16.8 Å². The Hall–Kier alpha value is -2.02. The lowest BCUT2D eigenvalue weighted by Crippen LogP contribution is -2.15. The van der Waals surface area contributed by atoms with Crippen molar-refractivity contribution in [2.75, 3.05) is 5.73 Å². The van der Waals surface area contributed by atoms with Gasteiger partial charge in [-0.15, -0.1) is 0 Å². The first-order chi connectivity index (χ1) is 9.10. The van der Waals surface area contributed by atoms with Gasteiger partial charge in [-0.05, 0) is 18.4 Å². The van der Waals surface area contributed by atoms with Crippen LogP contribution in [0, 0.1) is 12.0 Å². The molecule has 1 aliphatic heterocycles. The molecule has 2 aromatic rings. The van der Waals surface area contributed by atoms with E-state index < -0.39 is 12.2 Å². The maximum atomic E-state index is 13.2. The van der Waals surface area contributed by atoms with E-state index in [9.17, 15) is 9.18 Å². The summed E-state index contributed by atoms with van der Waals surface area (Å²) in [5, 5.41) is 0.576. The average molecular weight is 264 g/mol. The third kappa shape index (κ3) is 1.86. The highest BCUT2D eigenvalue weighted by Gasteiger charge is 2.33. The van der Waals surface area contributed by atoms with Crippen LogP contribution < -0.4 is 5.73 Å². The Kier molecular flexibility index (Phi) is 2.70. The van der Waals surface area contributed by atoms with Crippen molar-refractivity contribution >= 4 is 23.1 Å². The monoisotopic (exact) mass is 264 g/mol. The Labute approximate surface area is 108 Å². The van der Waals surface area contributed by atoms with Gasteiger partial charge in [0.2, 0.25) is 0 Å². The second-order valence-corrected chi connectivity index (χ2v) is 4.74. The molecule has 0 radical (unpaired) electrons. The average Bonchev–Trinajstić information content (AvgIpc) is 2.92. The zero-order valence-corrected chi connectivity index (χ0v) is 10.3. The first kappa shape index (κ1) is 12.0. The number of hydrogen-bond donors (Lipinski definition) is 1. The van der Waals surface area contributed by atoms with E-state index >= 15 is 0 Å². The number of ether oxygens (including phenoxy) is 1. The SMILES string of the molecule is C[C@H]1C[C@H](n2ccc3c(N)nc(F)nc32)O[C@@H]1C=O. The lowest BCUT2D eigenvalue weighted by atomic mass is 10.0. The fourth-order valence-corrected chi connectivity index (χ4v) is 2.43. The third-order valence-electron chi connectivity index (χ3n) is 3.47. The number of hydrogen-bond acceptors (Lipinski definition) is 5. The van der Waals surface area contributed by atoms with E-state index in [0.717, 1.165) is 6.29 Å². The number of nitrogens with zero attached hydrogens (tertiary/aromatic N) is 3. The summed E-state index contributed by atoms with van der Waals surface area (Å²) < 4.78 is 20.6. The molecular weight excluding hydrogens is 251 g/mol. The molecule has 3 atom stereocenters. The molecule has 3 heterocycles. The number of aldehydes is 1. The topological polar surface area (TPSA) is 83.0 Å². The number of halogens is 1. The van der Waals surface area contributed by atoms with Gasteiger partial charge in [-0.3, -0.25) is 0 Å². The number of fused-ring (bicyclic) bond motifs is 1. The maximum absolute atomic E-state index is 13.2. The number of nitrogen functional groups attached to an aromatic ring is 1. The van der Waals surface area contributed by atoms with Crippen molar-refractivity contribution in [2.24, 2.45) is 5.92 Å². The standard InChI is InChI=1S/C12H13FN4O2/c1-6-4-9(19-8(6)5-18)17-3-2-7-10(14)15-12(13)16-11(7)17/h2-3,5-6,8-9H,4H2,1H3,(H2,14,15,16)/t6-,8+,9+/m0/s1. The van der Waals surface area contributed by atoms with Crippen LogP contribution in [-0.4, -0.2) is 26.9 Å². The number of aromatic nitrogens is 3. The normalized spacial score (nSPS) is 26.9. The number of nitrogens with two attached hydrogens (primary N) is 1. The Morgan fingerprint density at radius 3 is 3.05 bits per heavy atom. The molecule has 1 fully saturated rings. The van der Waals surface area contributed by atoms with E-state index in [4.69, 9.17) is 10.5 Å². The molecule has 2 N–H and O–H groups in total. The van der Waals surface area contributed by atoms with Crippen LogP contribution in [0.15, 0.2) is 12.3 Å². The Bertz CT molecular complexity index is 642. The molecule has 0 aliphatic carbocycles. The minimum Gasteiger partial charge on any atom is -0.383 e. The van der Waals surface area contributed by atoms with E-state index in [2.05, 4.69) is 9.97 Å². The van der Waals surface area contributed by atoms with Gasteiger partial charge in [-0.1, -0.05) is 6.92 Å². The molecule has 100 valence electrons. The van der Waals surface area contributed by atoms with Gasteiger partial charge in [-0.2, -0.15) is 14.4 Å². The highest BCUT2D eigenvalue weighted by atomic mass is 19.1. The second-order valence-electron chi connectivity index (χ2n) is 4.74. The molecule has 1 aliphatic rings. The summed E-state index contributed by atoms with van der Waals surface area (Å²) in [6.45, 7) is 1.94. The summed E-state index contributed by atoms with van der Waals surface area (Å²) in [6.07, 6.45) is 1.53. The van der Waals surface area contributed by atoms with Crippen molar-refractivity contribution < 1.29 is 13.9 Å². The van der Waals surface area contributed by atoms with Crippen LogP contribution in [0.4, 0.5) is 10.2 Å². The zero-order valence-electron chi connectivity index (χ0n) is 10.3. The molecule has 2 aromatic heterocycles. The quantitative estimate of drug-likeness (QED) is 0.652. The van der Waals surface area contributed by atoms with Gasteiger partial charge in [0.25, 0.3) is 0 Å². The largest absolute Gasteiger partial charge is 0.383 e. The Morgan fingerprint density at radius 2 is 2.37 bits per heavy atom. The fourth-order valence-electron chi connectivity index (χ4n) is 2.43. The maximum Gasteiger partial charge on any atom is 0.312 e. The lowest BCUT2D eigenvalue weighted by molar-refractivity contribution is -0.120. The van der Waals surface area contributed by atoms with Crippen LogP contribution in [0.3, 0.4) is 0 Å². The third-order valence-corrected chi connectivity index (χ3v) is 3.47. The van der Waals surface area contributed by atoms with Crippen LogP contribution in [0.1, 0.15) is 19.6 Å². The molecule has 0 spiro atoms. The molecule has 0 unspecified atom stereocenters. The van der Waals surface area contributed by atoms with Crippen molar-refractivity contribution in [2.45, 2.75) is 25.7 Å². The van der Waals surface area contributed by atoms with E-state index in [-0.39, 0.29) is 18.0 Å². The van der Waals surface area contributed by atoms with Crippen molar-refractivity contribution in [1.29, 1.82) is 0 Å². The van der Waals surface area contributed by atoms with Crippen LogP contribution >= 0.6 is 0 Å². The molecule has 19 heavy (non-hydrogen) atoms. The van der Waals surface area contributed by atoms with E-state index in [1.165, 1.54) is 0 Å².